The highest BCUT2D eigenvalue weighted by atomic mass is 16.1. The molecule has 0 atom stereocenters. The van der Waals surface area contributed by atoms with Crippen LogP contribution in [0.4, 0.5) is 0 Å². The molecule has 1 N–H and O–H groups in total. The van der Waals surface area contributed by atoms with Crippen molar-refractivity contribution < 1.29 is 4.79 Å². The molecule has 3 rings (SSSR count). The number of hydrogen-bond donors (Lipinski definition) is 1. The van der Waals surface area contributed by atoms with Crippen LogP contribution in [0.25, 0.3) is 11.1 Å². The molecule has 1 heterocycles. The second-order valence-electron chi connectivity index (χ2n) is 6.31. The molecule has 3 nitrogen and oxygen atoms in total. The molecule has 0 saturated heterocycles. The summed E-state index contributed by atoms with van der Waals surface area (Å²) in [6, 6.07) is 14.2. The van der Waals surface area contributed by atoms with Crippen LogP contribution in [0.5, 0.6) is 0 Å². The Bertz CT molecular complexity index is 631. The summed E-state index contributed by atoms with van der Waals surface area (Å²) in [6.45, 7) is 0. The van der Waals surface area contributed by atoms with Gasteiger partial charge in [-0.2, -0.15) is 0 Å². The first-order valence-electron chi connectivity index (χ1n) is 8.65. The fraction of sp³-hybridized carbons (Fsp3) is 0.400. The van der Waals surface area contributed by atoms with Crippen molar-refractivity contribution in [2.24, 2.45) is 0 Å². The molecule has 0 unspecified atom stereocenters. The van der Waals surface area contributed by atoms with Gasteiger partial charge in [0, 0.05) is 12.2 Å². The number of nitrogens with one attached hydrogen (secondary N) is 1. The van der Waals surface area contributed by atoms with Crippen LogP contribution in [0.2, 0.25) is 0 Å². The van der Waals surface area contributed by atoms with Crippen LogP contribution in [0.1, 0.15) is 55.4 Å². The van der Waals surface area contributed by atoms with E-state index in [1.165, 1.54) is 32.1 Å². The Hall–Kier alpha value is -2.16. The lowest BCUT2D eigenvalue weighted by Gasteiger charge is -2.20. The topological polar surface area (TPSA) is 42.0 Å². The Kier molecular flexibility index (Phi) is 5.41. The highest BCUT2D eigenvalue weighted by Gasteiger charge is 2.16. The van der Waals surface area contributed by atoms with Crippen molar-refractivity contribution in [3.8, 4) is 11.1 Å². The number of amides is 1. The molecule has 1 fully saturated rings. The van der Waals surface area contributed by atoms with Gasteiger partial charge in [0.15, 0.2) is 0 Å². The summed E-state index contributed by atoms with van der Waals surface area (Å²) in [6.07, 6.45) is 10.2. The largest absolute Gasteiger partial charge is 0.348 e. The van der Waals surface area contributed by atoms with Crippen molar-refractivity contribution in [2.45, 2.75) is 51.0 Å². The zero-order valence-corrected chi connectivity index (χ0v) is 13.5. The van der Waals surface area contributed by atoms with Crippen LogP contribution in [-0.2, 0) is 0 Å². The smallest absolute Gasteiger partial charge is 0.270 e. The van der Waals surface area contributed by atoms with E-state index in [0.717, 1.165) is 24.0 Å². The van der Waals surface area contributed by atoms with Crippen molar-refractivity contribution in [1.82, 2.24) is 10.3 Å². The second kappa shape index (κ2) is 7.91. The highest BCUT2D eigenvalue weighted by Crippen LogP contribution is 2.20. The minimum absolute atomic E-state index is 0.0478. The Morgan fingerprint density at radius 2 is 1.61 bits per heavy atom. The van der Waals surface area contributed by atoms with Crippen molar-refractivity contribution in [2.75, 3.05) is 0 Å². The summed E-state index contributed by atoms with van der Waals surface area (Å²) in [5.74, 6) is -0.0478. The van der Waals surface area contributed by atoms with Gasteiger partial charge in [-0.1, -0.05) is 62.4 Å². The van der Waals surface area contributed by atoms with Gasteiger partial charge in [-0.25, -0.2) is 0 Å². The molecule has 0 spiro atoms. The van der Waals surface area contributed by atoms with Gasteiger partial charge >= 0.3 is 0 Å². The maximum absolute atomic E-state index is 12.5. The lowest BCUT2D eigenvalue weighted by Crippen LogP contribution is -2.35. The summed E-state index contributed by atoms with van der Waals surface area (Å²) in [4.78, 5) is 16.8. The van der Waals surface area contributed by atoms with Crippen molar-refractivity contribution in [3.63, 3.8) is 0 Å². The van der Waals surface area contributed by atoms with E-state index in [9.17, 15) is 4.79 Å². The Balaban J connectivity index is 1.69. The first-order valence-corrected chi connectivity index (χ1v) is 8.65. The average molecular weight is 308 g/mol. The molecule has 120 valence electrons. The molecule has 1 aliphatic rings. The fourth-order valence-electron chi connectivity index (χ4n) is 3.22. The van der Waals surface area contributed by atoms with Gasteiger partial charge in [0.1, 0.15) is 5.69 Å². The summed E-state index contributed by atoms with van der Waals surface area (Å²) < 4.78 is 0. The lowest BCUT2D eigenvalue weighted by atomic mass is 9.96. The van der Waals surface area contributed by atoms with E-state index >= 15 is 0 Å². The molecule has 0 bridgehead atoms. The number of nitrogens with zero attached hydrogens (tertiary/aromatic N) is 1. The van der Waals surface area contributed by atoms with Gasteiger partial charge < -0.3 is 5.32 Å². The molecule has 0 radical (unpaired) electrons. The molecule has 1 aliphatic carbocycles. The first kappa shape index (κ1) is 15.7. The summed E-state index contributed by atoms with van der Waals surface area (Å²) in [5, 5.41) is 3.18. The van der Waals surface area contributed by atoms with Gasteiger partial charge in [0.25, 0.3) is 5.91 Å². The second-order valence-corrected chi connectivity index (χ2v) is 6.31. The molecular weight excluding hydrogens is 284 g/mol. The SMILES string of the molecule is O=C(NC1CCCCCCC1)c1cc(-c2ccccc2)ccn1. The summed E-state index contributed by atoms with van der Waals surface area (Å²) >= 11 is 0. The molecule has 0 aliphatic heterocycles. The number of pyridine rings is 1. The van der Waals surface area contributed by atoms with Crippen molar-refractivity contribution in [3.05, 3.63) is 54.4 Å². The van der Waals surface area contributed by atoms with E-state index in [2.05, 4.69) is 10.3 Å². The third kappa shape index (κ3) is 4.41. The van der Waals surface area contributed by atoms with E-state index in [4.69, 9.17) is 0 Å². The normalized spacial score (nSPS) is 16.3. The van der Waals surface area contributed by atoms with Gasteiger partial charge in [0.2, 0.25) is 0 Å². The van der Waals surface area contributed by atoms with Gasteiger partial charge in [0.05, 0.1) is 0 Å². The van der Waals surface area contributed by atoms with Crippen LogP contribution in [0.15, 0.2) is 48.7 Å². The quantitative estimate of drug-likeness (QED) is 0.901. The Morgan fingerprint density at radius 3 is 2.35 bits per heavy atom. The van der Waals surface area contributed by atoms with Crippen LogP contribution in [0.3, 0.4) is 0 Å². The predicted molar refractivity (Wildman–Crippen MR) is 93.2 cm³/mol. The Morgan fingerprint density at radius 1 is 0.913 bits per heavy atom. The summed E-state index contributed by atoms with van der Waals surface area (Å²) in [5.41, 5.74) is 2.65. The standard InChI is InChI=1S/C20H24N2O/c23-20(22-18-11-7-2-1-3-8-12-18)19-15-17(13-14-21-19)16-9-5-4-6-10-16/h4-6,9-10,13-15,18H,1-3,7-8,11-12H2,(H,22,23). The zero-order chi connectivity index (χ0) is 15.9. The predicted octanol–water partition coefficient (Wildman–Crippen LogP) is 4.59. The third-order valence-electron chi connectivity index (χ3n) is 4.54. The Labute approximate surface area is 138 Å². The fourth-order valence-corrected chi connectivity index (χ4v) is 3.22. The van der Waals surface area contributed by atoms with E-state index in [-0.39, 0.29) is 5.91 Å². The zero-order valence-electron chi connectivity index (χ0n) is 13.5. The van der Waals surface area contributed by atoms with E-state index in [0.29, 0.717) is 11.7 Å². The van der Waals surface area contributed by atoms with Gasteiger partial charge in [-0.15, -0.1) is 0 Å². The van der Waals surface area contributed by atoms with Crippen LogP contribution in [0, 0.1) is 0 Å². The monoisotopic (exact) mass is 308 g/mol. The van der Waals surface area contributed by atoms with Gasteiger partial charge in [-0.05, 0) is 36.1 Å². The van der Waals surface area contributed by atoms with Crippen LogP contribution >= 0.6 is 0 Å². The number of aromatic nitrogens is 1. The van der Waals surface area contributed by atoms with Gasteiger partial charge in [-0.3, -0.25) is 9.78 Å². The van der Waals surface area contributed by atoms with E-state index in [1.807, 2.05) is 42.5 Å². The average Bonchev–Trinajstić information content (AvgIpc) is 2.58. The number of hydrogen-bond acceptors (Lipinski definition) is 2. The molecule has 1 aromatic heterocycles. The molecule has 1 aromatic carbocycles. The number of benzene rings is 1. The molecular formula is C20H24N2O. The number of rotatable bonds is 3. The van der Waals surface area contributed by atoms with E-state index < -0.39 is 0 Å². The van der Waals surface area contributed by atoms with E-state index in [1.54, 1.807) is 6.20 Å². The van der Waals surface area contributed by atoms with Crippen LogP contribution < -0.4 is 5.32 Å². The minimum atomic E-state index is -0.0478. The van der Waals surface area contributed by atoms with Crippen molar-refractivity contribution >= 4 is 5.91 Å². The molecule has 1 saturated carbocycles. The van der Waals surface area contributed by atoms with Crippen LogP contribution in [-0.4, -0.2) is 16.9 Å². The maximum Gasteiger partial charge on any atom is 0.270 e. The lowest BCUT2D eigenvalue weighted by molar-refractivity contribution is 0.0925. The molecule has 3 heteroatoms. The minimum Gasteiger partial charge on any atom is -0.348 e. The van der Waals surface area contributed by atoms with Crippen molar-refractivity contribution in [1.29, 1.82) is 0 Å². The number of carbonyl (C=O) groups excluding carboxylic acids is 1. The summed E-state index contributed by atoms with van der Waals surface area (Å²) in [7, 11) is 0. The highest BCUT2D eigenvalue weighted by molar-refractivity contribution is 5.93. The third-order valence-corrected chi connectivity index (χ3v) is 4.54. The maximum atomic E-state index is 12.5. The molecule has 1 amide bonds. The molecule has 23 heavy (non-hydrogen) atoms. The molecule has 2 aromatic rings. The first-order chi connectivity index (χ1) is 11.3. The number of carbonyl (C=O) groups is 1.